The second-order valence-electron chi connectivity index (χ2n) is 5.41. The molecule has 0 unspecified atom stereocenters. The minimum atomic E-state index is -3.82. The van der Waals surface area contributed by atoms with Crippen LogP contribution in [0.25, 0.3) is 0 Å². The molecule has 7 heteroatoms. The standard InChI is InChI=1S/C12H16ClFN2O2S/c1-12(2,7-3-4-7)16-19(17,18)11-6-10(15)9(14)5-8(11)13/h5-7,16H,3-4,15H2,1-2H3. The van der Waals surface area contributed by atoms with Crippen LogP contribution in [0, 0.1) is 11.7 Å². The zero-order valence-electron chi connectivity index (χ0n) is 10.7. The van der Waals surface area contributed by atoms with E-state index in [0.29, 0.717) is 5.92 Å². The summed E-state index contributed by atoms with van der Waals surface area (Å²) in [6, 6.07) is 1.96. The van der Waals surface area contributed by atoms with Crippen LogP contribution in [0.5, 0.6) is 0 Å². The van der Waals surface area contributed by atoms with Gasteiger partial charge in [0, 0.05) is 5.54 Å². The molecule has 0 atom stereocenters. The van der Waals surface area contributed by atoms with Gasteiger partial charge in [0.15, 0.2) is 0 Å². The fraction of sp³-hybridized carbons (Fsp3) is 0.500. The normalized spacial score (nSPS) is 16.6. The van der Waals surface area contributed by atoms with Gasteiger partial charge in [0.1, 0.15) is 10.7 Å². The van der Waals surface area contributed by atoms with Crippen LogP contribution in [0.1, 0.15) is 26.7 Å². The number of rotatable bonds is 4. The molecule has 1 fully saturated rings. The Labute approximate surface area is 117 Å². The number of hydrogen-bond acceptors (Lipinski definition) is 3. The minimum Gasteiger partial charge on any atom is -0.396 e. The van der Waals surface area contributed by atoms with Gasteiger partial charge in [-0.2, -0.15) is 0 Å². The molecule has 1 aromatic carbocycles. The number of hydrogen-bond donors (Lipinski definition) is 2. The summed E-state index contributed by atoms with van der Waals surface area (Å²) in [6.07, 6.45) is 1.99. The SMILES string of the molecule is CC(C)(NS(=O)(=O)c1cc(N)c(F)cc1Cl)C1CC1. The van der Waals surface area contributed by atoms with E-state index < -0.39 is 21.4 Å². The third-order valence-electron chi connectivity index (χ3n) is 3.34. The number of sulfonamides is 1. The second kappa shape index (κ2) is 4.61. The number of anilines is 1. The number of nitrogens with one attached hydrogen (secondary N) is 1. The van der Waals surface area contributed by atoms with E-state index in [0.717, 1.165) is 25.0 Å². The molecular weight excluding hydrogens is 291 g/mol. The van der Waals surface area contributed by atoms with E-state index in [2.05, 4.69) is 4.72 Å². The van der Waals surface area contributed by atoms with E-state index in [1.807, 2.05) is 13.8 Å². The summed E-state index contributed by atoms with van der Waals surface area (Å²) in [5.74, 6) is -0.413. The van der Waals surface area contributed by atoms with E-state index in [9.17, 15) is 12.8 Å². The van der Waals surface area contributed by atoms with Gasteiger partial charge in [0.2, 0.25) is 10.0 Å². The van der Waals surface area contributed by atoms with Crippen LogP contribution in [-0.2, 0) is 10.0 Å². The summed E-state index contributed by atoms with van der Waals surface area (Å²) >= 11 is 5.80. The molecule has 0 aromatic heterocycles. The molecule has 0 bridgehead atoms. The first-order chi connectivity index (χ1) is 8.63. The first-order valence-corrected chi connectivity index (χ1v) is 7.78. The summed E-state index contributed by atoms with van der Waals surface area (Å²) in [5, 5.41) is -0.175. The molecule has 0 heterocycles. The molecule has 3 N–H and O–H groups in total. The van der Waals surface area contributed by atoms with Crippen molar-refractivity contribution < 1.29 is 12.8 Å². The van der Waals surface area contributed by atoms with Gasteiger partial charge in [0.25, 0.3) is 0 Å². The minimum absolute atomic E-state index is 0.175. The van der Waals surface area contributed by atoms with Gasteiger partial charge in [-0.3, -0.25) is 0 Å². The van der Waals surface area contributed by atoms with Crippen molar-refractivity contribution in [1.82, 2.24) is 4.72 Å². The molecule has 0 spiro atoms. The fourth-order valence-corrected chi connectivity index (χ4v) is 4.06. The first-order valence-electron chi connectivity index (χ1n) is 5.92. The third-order valence-corrected chi connectivity index (χ3v) is 5.47. The van der Waals surface area contributed by atoms with Gasteiger partial charge in [-0.1, -0.05) is 11.6 Å². The van der Waals surface area contributed by atoms with Crippen LogP contribution in [0.2, 0.25) is 5.02 Å². The van der Waals surface area contributed by atoms with Gasteiger partial charge in [-0.25, -0.2) is 17.5 Å². The zero-order valence-corrected chi connectivity index (χ0v) is 12.3. The molecule has 19 heavy (non-hydrogen) atoms. The molecule has 2 rings (SSSR count). The number of nitrogen functional groups attached to an aromatic ring is 1. The van der Waals surface area contributed by atoms with Gasteiger partial charge < -0.3 is 5.73 Å². The van der Waals surface area contributed by atoms with Gasteiger partial charge in [0.05, 0.1) is 10.7 Å². The van der Waals surface area contributed by atoms with Crippen molar-refractivity contribution in [3.63, 3.8) is 0 Å². The molecule has 1 saturated carbocycles. The van der Waals surface area contributed by atoms with Gasteiger partial charge >= 0.3 is 0 Å². The summed E-state index contributed by atoms with van der Waals surface area (Å²) in [6.45, 7) is 3.64. The van der Waals surface area contributed by atoms with E-state index >= 15 is 0 Å². The molecule has 0 radical (unpaired) electrons. The lowest BCUT2D eigenvalue weighted by Crippen LogP contribution is -2.45. The van der Waals surface area contributed by atoms with E-state index in [-0.39, 0.29) is 15.6 Å². The van der Waals surface area contributed by atoms with Crippen molar-refractivity contribution >= 4 is 27.3 Å². The van der Waals surface area contributed by atoms with E-state index in [1.54, 1.807) is 0 Å². The van der Waals surface area contributed by atoms with Crippen molar-refractivity contribution in [1.29, 1.82) is 0 Å². The molecule has 1 aliphatic carbocycles. The van der Waals surface area contributed by atoms with E-state index in [1.165, 1.54) is 0 Å². The lowest BCUT2D eigenvalue weighted by molar-refractivity contribution is 0.400. The smallest absolute Gasteiger partial charge is 0.242 e. The largest absolute Gasteiger partial charge is 0.396 e. The Morgan fingerprint density at radius 2 is 2.00 bits per heavy atom. The molecule has 1 aromatic rings. The maximum Gasteiger partial charge on any atom is 0.242 e. The molecule has 1 aliphatic rings. The van der Waals surface area contributed by atoms with Crippen molar-refractivity contribution in [3.05, 3.63) is 23.0 Å². The topological polar surface area (TPSA) is 72.2 Å². The van der Waals surface area contributed by atoms with Gasteiger partial charge in [-0.05, 0) is 44.7 Å². The molecular formula is C12H16ClFN2O2S. The van der Waals surface area contributed by atoms with Crippen molar-refractivity contribution in [2.24, 2.45) is 5.92 Å². The van der Waals surface area contributed by atoms with Crippen LogP contribution in [0.4, 0.5) is 10.1 Å². The summed E-state index contributed by atoms with van der Waals surface area (Å²) in [7, 11) is -3.82. The Kier molecular flexibility index (Phi) is 3.53. The third kappa shape index (κ3) is 3.01. The predicted octanol–water partition coefficient (Wildman–Crippen LogP) is 2.53. The summed E-state index contributed by atoms with van der Waals surface area (Å²) in [4.78, 5) is -0.193. The molecule has 0 amide bonds. The Balaban J connectivity index is 2.37. The lowest BCUT2D eigenvalue weighted by Gasteiger charge is -2.26. The van der Waals surface area contributed by atoms with Crippen molar-refractivity contribution in [2.45, 2.75) is 37.1 Å². The Morgan fingerprint density at radius 1 is 1.42 bits per heavy atom. The van der Waals surface area contributed by atoms with Crippen molar-refractivity contribution in [2.75, 3.05) is 5.73 Å². The Hall–Kier alpha value is -0.850. The fourth-order valence-electron chi connectivity index (χ4n) is 2.04. The highest BCUT2D eigenvalue weighted by atomic mass is 35.5. The maximum atomic E-state index is 13.2. The Morgan fingerprint density at radius 3 is 2.53 bits per heavy atom. The highest BCUT2D eigenvalue weighted by Gasteiger charge is 2.41. The Bertz CT molecular complexity index is 612. The quantitative estimate of drug-likeness (QED) is 0.840. The summed E-state index contributed by atoms with van der Waals surface area (Å²) < 4.78 is 40.4. The predicted molar refractivity (Wildman–Crippen MR) is 72.9 cm³/mol. The number of benzene rings is 1. The average Bonchev–Trinajstić information content (AvgIpc) is 3.05. The highest BCUT2D eigenvalue weighted by molar-refractivity contribution is 7.89. The zero-order chi connectivity index (χ0) is 14.4. The average molecular weight is 307 g/mol. The highest BCUT2D eigenvalue weighted by Crippen LogP contribution is 2.40. The lowest BCUT2D eigenvalue weighted by atomic mass is 10.0. The van der Waals surface area contributed by atoms with Crippen molar-refractivity contribution in [3.8, 4) is 0 Å². The van der Waals surface area contributed by atoms with E-state index in [4.69, 9.17) is 17.3 Å². The molecule has 106 valence electrons. The monoisotopic (exact) mass is 306 g/mol. The molecule has 0 aliphatic heterocycles. The molecule has 0 saturated heterocycles. The number of halogens is 2. The molecule has 4 nitrogen and oxygen atoms in total. The maximum absolute atomic E-state index is 13.2. The van der Waals surface area contributed by atoms with Crippen LogP contribution < -0.4 is 10.5 Å². The number of nitrogens with two attached hydrogens (primary N) is 1. The van der Waals surface area contributed by atoms with Crippen LogP contribution >= 0.6 is 11.6 Å². The first kappa shape index (κ1) is 14.6. The second-order valence-corrected chi connectivity index (χ2v) is 7.46. The van der Waals surface area contributed by atoms with Crippen LogP contribution in [0.3, 0.4) is 0 Å². The summed E-state index contributed by atoms with van der Waals surface area (Å²) in [5.41, 5.74) is 4.60. The van der Waals surface area contributed by atoms with Gasteiger partial charge in [-0.15, -0.1) is 0 Å². The van der Waals surface area contributed by atoms with Crippen LogP contribution in [-0.4, -0.2) is 14.0 Å². The van der Waals surface area contributed by atoms with Crippen LogP contribution in [0.15, 0.2) is 17.0 Å².